The zero-order valence-corrected chi connectivity index (χ0v) is 10.3. The summed E-state index contributed by atoms with van der Waals surface area (Å²) < 4.78 is 0. The fraction of sp³-hybridized carbons (Fsp3) is 0.692. The molecule has 1 aliphatic carbocycles. The highest BCUT2D eigenvalue weighted by atomic mass is 16.1. The highest BCUT2D eigenvalue weighted by molar-refractivity contribution is 5.96. The van der Waals surface area contributed by atoms with Crippen LogP contribution in [0.15, 0.2) is 11.1 Å². The smallest absolute Gasteiger partial charge is 0.259 e. The van der Waals surface area contributed by atoms with Gasteiger partial charge in [-0.15, -0.1) is 0 Å². The lowest BCUT2D eigenvalue weighted by Gasteiger charge is -2.34. The molecule has 1 rings (SSSR count). The average molecular weight is 220 g/mol. The van der Waals surface area contributed by atoms with Crippen LogP contribution in [0.4, 0.5) is 0 Å². The minimum absolute atomic E-state index is 0.187. The number of allylic oxidation sites excluding steroid dienone is 1. The van der Waals surface area contributed by atoms with Gasteiger partial charge >= 0.3 is 0 Å². The van der Waals surface area contributed by atoms with E-state index in [0.29, 0.717) is 11.3 Å². The molecular formula is C13H20N2O. The van der Waals surface area contributed by atoms with Crippen LogP contribution >= 0.6 is 0 Å². The van der Waals surface area contributed by atoms with E-state index in [0.717, 1.165) is 31.3 Å². The van der Waals surface area contributed by atoms with Gasteiger partial charge in [-0.1, -0.05) is 20.8 Å². The van der Waals surface area contributed by atoms with Gasteiger partial charge in [-0.05, 0) is 42.6 Å². The van der Waals surface area contributed by atoms with E-state index >= 15 is 0 Å². The van der Waals surface area contributed by atoms with Gasteiger partial charge in [-0.2, -0.15) is 5.26 Å². The molecule has 2 N–H and O–H groups in total. The molecule has 0 bridgehead atoms. The van der Waals surface area contributed by atoms with Crippen molar-refractivity contribution in [2.45, 2.75) is 46.5 Å². The normalized spacial score (nSPS) is 21.4. The fourth-order valence-electron chi connectivity index (χ4n) is 2.39. The van der Waals surface area contributed by atoms with E-state index in [9.17, 15) is 4.79 Å². The van der Waals surface area contributed by atoms with Crippen molar-refractivity contribution in [1.29, 1.82) is 5.26 Å². The largest absolute Gasteiger partial charge is 0.365 e. The first-order valence-electron chi connectivity index (χ1n) is 5.78. The first-order valence-corrected chi connectivity index (χ1v) is 5.78. The molecule has 0 unspecified atom stereocenters. The first-order chi connectivity index (χ1) is 7.36. The number of carbonyl (C=O) groups is 1. The molecule has 88 valence electrons. The predicted octanol–water partition coefficient (Wildman–Crippen LogP) is 2.53. The Labute approximate surface area is 97.3 Å². The van der Waals surface area contributed by atoms with Crippen molar-refractivity contribution in [2.75, 3.05) is 0 Å². The van der Waals surface area contributed by atoms with Crippen LogP contribution in [0.2, 0.25) is 0 Å². The summed E-state index contributed by atoms with van der Waals surface area (Å²) in [5.74, 6) is 0.0933. The van der Waals surface area contributed by atoms with Gasteiger partial charge < -0.3 is 5.73 Å². The molecule has 1 fully saturated rings. The van der Waals surface area contributed by atoms with Crippen molar-refractivity contribution in [3.05, 3.63) is 11.1 Å². The molecule has 0 saturated heterocycles. The third kappa shape index (κ3) is 2.85. The lowest BCUT2D eigenvalue weighted by molar-refractivity contribution is -0.114. The van der Waals surface area contributed by atoms with Crippen molar-refractivity contribution in [1.82, 2.24) is 0 Å². The maximum atomic E-state index is 11.1. The first kappa shape index (κ1) is 12.8. The second kappa shape index (κ2) is 4.69. The Morgan fingerprint density at radius 2 is 1.88 bits per heavy atom. The third-order valence-corrected chi connectivity index (χ3v) is 3.53. The van der Waals surface area contributed by atoms with Crippen molar-refractivity contribution in [3.63, 3.8) is 0 Å². The van der Waals surface area contributed by atoms with E-state index < -0.39 is 5.91 Å². The molecule has 0 aromatic heterocycles. The van der Waals surface area contributed by atoms with Gasteiger partial charge in [0.05, 0.1) is 0 Å². The summed E-state index contributed by atoms with van der Waals surface area (Å²) in [7, 11) is 0. The zero-order valence-electron chi connectivity index (χ0n) is 10.3. The van der Waals surface area contributed by atoms with E-state index in [1.54, 1.807) is 0 Å². The molecule has 0 aromatic carbocycles. The monoisotopic (exact) mass is 220 g/mol. The number of hydrogen-bond acceptors (Lipinski definition) is 2. The van der Waals surface area contributed by atoms with Gasteiger partial charge in [0.1, 0.15) is 11.6 Å². The number of hydrogen-bond donors (Lipinski definition) is 1. The van der Waals surface area contributed by atoms with E-state index in [-0.39, 0.29) is 5.57 Å². The van der Waals surface area contributed by atoms with Crippen LogP contribution in [0.1, 0.15) is 46.5 Å². The second-order valence-electron chi connectivity index (χ2n) is 5.59. The van der Waals surface area contributed by atoms with Gasteiger partial charge in [-0.3, -0.25) is 4.79 Å². The van der Waals surface area contributed by atoms with Crippen LogP contribution < -0.4 is 5.73 Å². The molecule has 16 heavy (non-hydrogen) atoms. The van der Waals surface area contributed by atoms with E-state index in [4.69, 9.17) is 11.0 Å². The van der Waals surface area contributed by atoms with E-state index in [1.807, 2.05) is 6.07 Å². The van der Waals surface area contributed by atoms with Gasteiger partial charge in [0, 0.05) is 0 Å². The summed E-state index contributed by atoms with van der Waals surface area (Å²) in [6.45, 7) is 6.73. The number of carbonyl (C=O) groups excluding carboxylic acids is 1. The van der Waals surface area contributed by atoms with Crippen LogP contribution in [0.25, 0.3) is 0 Å². The van der Waals surface area contributed by atoms with Crippen LogP contribution in [0.5, 0.6) is 0 Å². The summed E-state index contributed by atoms with van der Waals surface area (Å²) in [5, 5.41) is 8.87. The number of nitrogens with two attached hydrogens (primary N) is 1. The molecule has 0 heterocycles. The Hall–Kier alpha value is -1.30. The SMILES string of the molecule is CC(C)(C)C1CCC(=C(C#N)C(N)=O)CC1. The molecule has 0 aromatic rings. The molecular weight excluding hydrogens is 200 g/mol. The molecule has 1 saturated carbocycles. The summed E-state index contributed by atoms with van der Waals surface area (Å²) in [4.78, 5) is 11.1. The third-order valence-electron chi connectivity index (χ3n) is 3.53. The summed E-state index contributed by atoms with van der Waals surface area (Å²) in [6, 6.07) is 1.93. The fourth-order valence-corrected chi connectivity index (χ4v) is 2.39. The van der Waals surface area contributed by atoms with Gasteiger partial charge in [0.25, 0.3) is 5.91 Å². The Balaban J connectivity index is 2.76. The van der Waals surface area contributed by atoms with Crippen LogP contribution in [-0.2, 0) is 4.79 Å². The van der Waals surface area contributed by atoms with Crippen molar-refractivity contribution in [3.8, 4) is 6.07 Å². The number of amides is 1. The van der Waals surface area contributed by atoms with E-state index in [2.05, 4.69) is 20.8 Å². The van der Waals surface area contributed by atoms with Gasteiger partial charge in [0.15, 0.2) is 0 Å². The number of rotatable bonds is 1. The minimum Gasteiger partial charge on any atom is -0.365 e. The van der Waals surface area contributed by atoms with Gasteiger partial charge in [0.2, 0.25) is 0 Å². The highest BCUT2D eigenvalue weighted by Crippen LogP contribution is 2.40. The summed E-state index contributed by atoms with van der Waals surface area (Å²) >= 11 is 0. The Kier molecular flexibility index (Phi) is 3.74. The molecule has 1 aliphatic rings. The zero-order chi connectivity index (χ0) is 12.3. The minimum atomic E-state index is -0.577. The maximum Gasteiger partial charge on any atom is 0.259 e. The van der Waals surface area contributed by atoms with Gasteiger partial charge in [-0.25, -0.2) is 0 Å². The quantitative estimate of drug-likeness (QED) is 0.545. The predicted molar refractivity (Wildman–Crippen MR) is 63.2 cm³/mol. The number of nitriles is 1. The topological polar surface area (TPSA) is 66.9 Å². The Morgan fingerprint density at radius 1 is 1.38 bits per heavy atom. The molecule has 0 atom stereocenters. The highest BCUT2D eigenvalue weighted by Gasteiger charge is 2.29. The maximum absolute atomic E-state index is 11.1. The summed E-state index contributed by atoms with van der Waals surface area (Å²) in [5.41, 5.74) is 6.63. The summed E-state index contributed by atoms with van der Waals surface area (Å²) in [6.07, 6.45) is 3.79. The molecule has 3 nitrogen and oxygen atoms in total. The van der Waals surface area contributed by atoms with Crippen molar-refractivity contribution < 1.29 is 4.79 Å². The van der Waals surface area contributed by atoms with Crippen LogP contribution in [0, 0.1) is 22.7 Å². The standard InChI is InChI=1S/C13H20N2O/c1-13(2,3)10-6-4-9(5-7-10)11(8-14)12(15)16/h10H,4-7H2,1-3H3,(H2,15,16). The molecule has 0 spiro atoms. The van der Waals surface area contributed by atoms with Crippen molar-refractivity contribution >= 4 is 5.91 Å². The van der Waals surface area contributed by atoms with Crippen LogP contribution in [-0.4, -0.2) is 5.91 Å². The second-order valence-corrected chi connectivity index (χ2v) is 5.59. The van der Waals surface area contributed by atoms with Crippen molar-refractivity contribution in [2.24, 2.45) is 17.1 Å². The lowest BCUT2D eigenvalue weighted by atomic mass is 9.71. The molecule has 3 heteroatoms. The number of primary amides is 1. The lowest BCUT2D eigenvalue weighted by Crippen LogP contribution is -2.25. The molecule has 0 aliphatic heterocycles. The van der Waals surface area contributed by atoms with Crippen LogP contribution in [0.3, 0.4) is 0 Å². The Morgan fingerprint density at radius 3 is 2.19 bits per heavy atom. The van der Waals surface area contributed by atoms with E-state index in [1.165, 1.54) is 0 Å². The number of nitrogens with zero attached hydrogens (tertiary/aromatic N) is 1. The molecule has 0 radical (unpaired) electrons. The average Bonchev–Trinajstić information content (AvgIpc) is 2.17. The molecule has 1 amide bonds. The Bertz CT molecular complexity index is 345.